The van der Waals surface area contributed by atoms with E-state index in [0.29, 0.717) is 0 Å². The molecule has 1 fully saturated rings. The number of methoxy groups -OCH3 is 1. The molecule has 0 bridgehead atoms. The van der Waals surface area contributed by atoms with Gasteiger partial charge in [-0.15, -0.1) is 0 Å². The van der Waals surface area contributed by atoms with Crippen LogP contribution in [0.1, 0.15) is 6.23 Å². The smallest absolute Gasteiger partial charge is 0.330 e. The molecule has 1 aromatic heterocycles. The predicted molar refractivity (Wildman–Crippen MR) is 73.2 cm³/mol. The lowest BCUT2D eigenvalue weighted by Gasteiger charge is -2.20. The Labute approximate surface area is 124 Å². The lowest BCUT2D eigenvalue weighted by Crippen LogP contribution is -2.38. The molecule has 0 aromatic carbocycles. The van der Waals surface area contributed by atoms with Gasteiger partial charge in [-0.25, -0.2) is 4.79 Å². The van der Waals surface area contributed by atoms with Crippen molar-refractivity contribution in [1.29, 1.82) is 0 Å². The Morgan fingerprint density at radius 2 is 2.23 bits per heavy atom. The number of aromatic amines is 1. The minimum atomic E-state index is -0.982. The molecule has 22 heavy (non-hydrogen) atoms. The molecule has 10 nitrogen and oxygen atoms in total. The van der Waals surface area contributed by atoms with E-state index in [1.54, 1.807) is 0 Å². The first-order valence-electron chi connectivity index (χ1n) is 6.52. The van der Waals surface area contributed by atoms with Crippen LogP contribution < -0.4 is 11.2 Å². The van der Waals surface area contributed by atoms with Gasteiger partial charge in [-0.3, -0.25) is 14.3 Å². The van der Waals surface area contributed by atoms with Crippen molar-refractivity contribution in [2.75, 3.05) is 26.9 Å². The topological polar surface area (TPSA) is 135 Å². The molecule has 3 N–H and O–H groups in total. The van der Waals surface area contributed by atoms with Crippen molar-refractivity contribution < 1.29 is 24.5 Å². The Bertz CT molecular complexity index is 638. The number of aromatic nitrogens is 2. The van der Waals surface area contributed by atoms with Crippen LogP contribution in [0.15, 0.2) is 27.0 Å². The molecule has 1 aromatic rings. The van der Waals surface area contributed by atoms with E-state index in [2.05, 4.69) is 10.1 Å². The van der Waals surface area contributed by atoms with Crippen LogP contribution in [0.5, 0.6) is 0 Å². The van der Waals surface area contributed by atoms with E-state index in [-0.39, 0.29) is 18.9 Å². The van der Waals surface area contributed by atoms with Gasteiger partial charge in [0.25, 0.3) is 5.56 Å². The lowest BCUT2D eigenvalue weighted by molar-refractivity contribution is -0.0779. The first-order valence-corrected chi connectivity index (χ1v) is 6.52. The quantitative estimate of drug-likeness (QED) is 0.323. The van der Waals surface area contributed by atoms with Crippen LogP contribution >= 0.6 is 0 Å². The highest BCUT2D eigenvalue weighted by Crippen LogP contribution is 2.28. The highest BCUT2D eigenvalue weighted by Gasteiger charge is 2.44. The number of aliphatic hydroxyl groups is 1. The number of ether oxygens (including phenoxy) is 3. The summed E-state index contributed by atoms with van der Waals surface area (Å²) in [6.45, 7) is 0.000671. The molecule has 1 aliphatic heterocycles. The molecule has 0 aliphatic carbocycles. The van der Waals surface area contributed by atoms with Gasteiger partial charge in [-0.2, -0.15) is 0 Å². The normalized spacial score (nSPS) is 26.6. The number of H-pyrrole nitrogens is 1. The number of hydrogen-bond acceptors (Lipinski definition) is 8. The molecule has 1 aliphatic rings. The fourth-order valence-electron chi connectivity index (χ4n) is 2.16. The van der Waals surface area contributed by atoms with Gasteiger partial charge in [0.15, 0.2) is 6.23 Å². The molecule has 0 saturated carbocycles. The summed E-state index contributed by atoms with van der Waals surface area (Å²) >= 11 is 0. The van der Waals surface area contributed by atoms with E-state index in [4.69, 9.17) is 19.4 Å². The summed E-state index contributed by atoms with van der Waals surface area (Å²) < 4.78 is 17.0. The molecule has 10 heteroatoms. The van der Waals surface area contributed by atoms with E-state index < -0.39 is 36.3 Å². The first kappa shape index (κ1) is 16.4. The van der Waals surface area contributed by atoms with Crippen LogP contribution in [-0.4, -0.2) is 64.7 Å². The summed E-state index contributed by atoms with van der Waals surface area (Å²) in [5, 5.41) is 21.5. The Hall–Kier alpha value is -2.01. The van der Waals surface area contributed by atoms with Crippen molar-refractivity contribution in [3.63, 3.8) is 0 Å². The molecule has 0 unspecified atom stereocenters. The average Bonchev–Trinajstić information content (AvgIpc) is 2.85. The first-order chi connectivity index (χ1) is 10.6. The standard InChI is InChI=1S/C12H17N3O7/c1-20-4-5-21-10-9(14-19)7(6-16)22-11(10)15-3-2-8(17)13-12(15)18/h2-3,7,10-11,16,19H,4-6H2,1H3,(H,13,17,18)/b14-9-/t7-,10-,11-/m1/s1. The number of nitrogens with zero attached hydrogens (tertiary/aromatic N) is 2. The van der Waals surface area contributed by atoms with Gasteiger partial charge >= 0.3 is 5.69 Å². The van der Waals surface area contributed by atoms with Gasteiger partial charge in [0, 0.05) is 19.4 Å². The Balaban J connectivity index is 2.33. The third-order valence-corrected chi connectivity index (χ3v) is 3.18. The van der Waals surface area contributed by atoms with Gasteiger partial charge in [0.1, 0.15) is 17.9 Å². The van der Waals surface area contributed by atoms with Crippen LogP contribution in [0.3, 0.4) is 0 Å². The van der Waals surface area contributed by atoms with E-state index in [1.165, 1.54) is 13.3 Å². The van der Waals surface area contributed by atoms with Crippen molar-refractivity contribution in [2.45, 2.75) is 18.4 Å². The van der Waals surface area contributed by atoms with Crippen molar-refractivity contribution in [3.8, 4) is 0 Å². The summed E-state index contributed by atoms with van der Waals surface area (Å²) in [6, 6.07) is 1.15. The molecule has 0 radical (unpaired) electrons. The number of rotatable bonds is 6. The average molecular weight is 315 g/mol. The molecule has 0 spiro atoms. The van der Waals surface area contributed by atoms with E-state index in [9.17, 15) is 14.7 Å². The molecule has 2 rings (SSSR count). The van der Waals surface area contributed by atoms with Gasteiger partial charge < -0.3 is 24.5 Å². The molecular formula is C12H17N3O7. The second kappa shape index (κ2) is 7.31. The van der Waals surface area contributed by atoms with Crippen LogP contribution in [0.4, 0.5) is 0 Å². The highest BCUT2D eigenvalue weighted by molar-refractivity contribution is 5.94. The summed E-state index contributed by atoms with van der Waals surface area (Å²) in [4.78, 5) is 25.1. The highest BCUT2D eigenvalue weighted by atomic mass is 16.6. The minimum Gasteiger partial charge on any atom is -0.411 e. The van der Waals surface area contributed by atoms with Crippen molar-refractivity contribution in [1.82, 2.24) is 9.55 Å². The molecular weight excluding hydrogens is 298 g/mol. The Morgan fingerprint density at radius 3 is 2.82 bits per heavy atom. The minimum absolute atomic E-state index is 0.0571. The maximum atomic E-state index is 11.9. The monoisotopic (exact) mass is 315 g/mol. The van der Waals surface area contributed by atoms with Gasteiger partial charge in [-0.05, 0) is 0 Å². The second-order valence-corrected chi connectivity index (χ2v) is 4.52. The van der Waals surface area contributed by atoms with Gasteiger partial charge in [0.2, 0.25) is 0 Å². The van der Waals surface area contributed by atoms with Crippen LogP contribution in [0.25, 0.3) is 0 Å². The zero-order valence-electron chi connectivity index (χ0n) is 11.8. The van der Waals surface area contributed by atoms with Crippen LogP contribution in [0.2, 0.25) is 0 Å². The number of nitrogens with one attached hydrogen (secondary N) is 1. The fraction of sp³-hybridized carbons (Fsp3) is 0.583. The second-order valence-electron chi connectivity index (χ2n) is 4.52. The summed E-state index contributed by atoms with van der Waals surface area (Å²) in [5.41, 5.74) is -1.19. The number of hydrogen-bond donors (Lipinski definition) is 3. The number of oxime groups is 1. The summed E-state index contributed by atoms with van der Waals surface area (Å²) in [6.07, 6.45) is -1.56. The van der Waals surface area contributed by atoms with Gasteiger partial charge in [-0.1, -0.05) is 5.16 Å². The van der Waals surface area contributed by atoms with Gasteiger partial charge in [0.05, 0.1) is 19.8 Å². The van der Waals surface area contributed by atoms with Crippen molar-refractivity contribution in [3.05, 3.63) is 33.1 Å². The number of aliphatic hydroxyl groups excluding tert-OH is 1. The molecule has 3 atom stereocenters. The molecule has 122 valence electrons. The Kier molecular flexibility index (Phi) is 5.44. The zero-order valence-corrected chi connectivity index (χ0v) is 11.8. The van der Waals surface area contributed by atoms with Crippen LogP contribution in [0, 0.1) is 0 Å². The third-order valence-electron chi connectivity index (χ3n) is 3.18. The largest absolute Gasteiger partial charge is 0.411 e. The Morgan fingerprint density at radius 1 is 1.45 bits per heavy atom. The SMILES string of the molecule is COCCO[C@@H]1/C(=N\O)[C@@H](CO)O[C@H]1n1ccc(=O)[nH]c1=O. The fourth-order valence-corrected chi connectivity index (χ4v) is 2.16. The van der Waals surface area contributed by atoms with Crippen molar-refractivity contribution >= 4 is 5.71 Å². The van der Waals surface area contributed by atoms with E-state index in [0.717, 1.165) is 10.6 Å². The molecule has 0 amide bonds. The summed E-state index contributed by atoms with van der Waals surface area (Å²) in [5.74, 6) is 0. The lowest BCUT2D eigenvalue weighted by atomic mass is 10.1. The van der Waals surface area contributed by atoms with Crippen molar-refractivity contribution in [2.24, 2.45) is 5.16 Å². The predicted octanol–water partition coefficient (Wildman–Crippen LogP) is -1.71. The van der Waals surface area contributed by atoms with E-state index in [1.807, 2.05) is 0 Å². The molecule has 1 saturated heterocycles. The summed E-state index contributed by atoms with van der Waals surface area (Å²) in [7, 11) is 1.50. The maximum Gasteiger partial charge on any atom is 0.330 e. The van der Waals surface area contributed by atoms with Crippen LogP contribution in [-0.2, 0) is 14.2 Å². The van der Waals surface area contributed by atoms with E-state index >= 15 is 0 Å². The molecule has 2 heterocycles. The zero-order chi connectivity index (χ0) is 16.1. The third kappa shape index (κ3) is 3.25. The maximum absolute atomic E-state index is 11.9.